The molecule has 37 heavy (non-hydrogen) atoms. The van der Waals surface area contributed by atoms with Gasteiger partial charge in [-0.2, -0.15) is 0 Å². The zero-order valence-electron chi connectivity index (χ0n) is 18.7. The monoisotopic (exact) mass is 580 g/mol. The quantitative estimate of drug-likeness (QED) is 0.159. The highest BCUT2D eigenvalue weighted by Gasteiger charge is 2.58. The van der Waals surface area contributed by atoms with Crippen molar-refractivity contribution in [1.29, 1.82) is 0 Å². The number of fused-ring (bicyclic) bond motifs is 2. The first-order chi connectivity index (χ1) is 17.6. The van der Waals surface area contributed by atoms with Crippen LogP contribution in [0, 0.1) is 12.7 Å². The molecule has 0 unspecified atom stereocenters. The Morgan fingerprint density at radius 2 is 1.41 bits per heavy atom. The number of ether oxygens (including phenoxy) is 2. The zero-order valence-corrected chi connectivity index (χ0v) is 21.7. The van der Waals surface area contributed by atoms with E-state index < -0.39 is 35.6 Å². The molecule has 0 N–H and O–H groups in total. The van der Waals surface area contributed by atoms with Gasteiger partial charge in [-0.25, -0.2) is 4.39 Å². The fourth-order valence-corrected chi connectivity index (χ4v) is 5.81. The summed E-state index contributed by atoms with van der Waals surface area (Å²) in [5.74, 6) is -1.87. The number of halogens is 5. The van der Waals surface area contributed by atoms with Crippen LogP contribution in [0.4, 0.5) is 10.1 Å². The molecule has 0 bridgehead atoms. The van der Waals surface area contributed by atoms with Crippen LogP contribution in [0.3, 0.4) is 0 Å². The van der Waals surface area contributed by atoms with E-state index in [0.29, 0.717) is 22.6 Å². The van der Waals surface area contributed by atoms with E-state index in [4.69, 9.17) is 55.9 Å². The van der Waals surface area contributed by atoms with Crippen LogP contribution in [-0.2, 0) is 4.79 Å². The largest absolute Gasteiger partial charge is 0.454 e. The third-order valence-electron chi connectivity index (χ3n) is 6.65. The summed E-state index contributed by atoms with van der Waals surface area (Å²) >= 11 is 24.8. The number of anilines is 1. The predicted molar refractivity (Wildman–Crippen MR) is 135 cm³/mol. The van der Waals surface area contributed by atoms with Gasteiger partial charge in [-0.05, 0) is 42.3 Å². The second-order valence-corrected chi connectivity index (χ2v) is 10.1. The van der Waals surface area contributed by atoms with Crippen LogP contribution in [0.25, 0.3) is 0 Å². The fourth-order valence-electron chi connectivity index (χ4n) is 4.79. The standard InChI is InChI=1S/C25H13Cl4FN2O5/c1-9-2-4-11(7-12(9)30)31-21(10-3-5-13-14(6-10)37-8-36-13)22(25(31)35)32-23(33)15-16(24(32)34)18(27)20(29)19(28)17(15)26/h2-7,21-22H,8H2,1H3/t21-,22+/m1/s1. The second kappa shape index (κ2) is 8.49. The smallest absolute Gasteiger partial charge is 0.264 e. The zero-order chi connectivity index (χ0) is 26.3. The molecule has 0 saturated carbocycles. The molecule has 3 aliphatic rings. The Morgan fingerprint density at radius 1 is 0.784 bits per heavy atom. The first kappa shape index (κ1) is 24.3. The van der Waals surface area contributed by atoms with Crippen LogP contribution in [0.1, 0.15) is 37.9 Å². The summed E-state index contributed by atoms with van der Waals surface area (Å²) in [6, 6.07) is 7.16. The van der Waals surface area contributed by atoms with Gasteiger partial charge in [0.1, 0.15) is 11.9 Å². The molecule has 3 aromatic carbocycles. The van der Waals surface area contributed by atoms with E-state index in [9.17, 15) is 18.8 Å². The molecule has 3 aliphatic heterocycles. The maximum Gasteiger partial charge on any atom is 0.264 e. The number of benzene rings is 3. The van der Waals surface area contributed by atoms with Crippen molar-refractivity contribution in [3.05, 3.63) is 84.6 Å². The number of carbonyl (C=O) groups excluding carboxylic acids is 3. The summed E-state index contributed by atoms with van der Waals surface area (Å²) in [6.45, 7) is 1.62. The van der Waals surface area contributed by atoms with Crippen molar-refractivity contribution in [2.45, 2.75) is 19.0 Å². The molecular formula is C25H13Cl4FN2O5. The third kappa shape index (κ3) is 3.36. The van der Waals surface area contributed by atoms with Gasteiger partial charge in [0.15, 0.2) is 11.5 Å². The Balaban J connectivity index is 1.48. The molecule has 188 valence electrons. The topological polar surface area (TPSA) is 76.2 Å². The van der Waals surface area contributed by atoms with Crippen LogP contribution >= 0.6 is 46.4 Å². The highest BCUT2D eigenvalue weighted by atomic mass is 35.5. The van der Waals surface area contributed by atoms with Gasteiger partial charge in [-0.15, -0.1) is 0 Å². The lowest BCUT2D eigenvalue weighted by Crippen LogP contribution is -2.67. The number of carbonyl (C=O) groups is 3. The normalized spacial score (nSPS) is 20.0. The first-order valence-corrected chi connectivity index (χ1v) is 12.4. The lowest BCUT2D eigenvalue weighted by Gasteiger charge is -2.49. The lowest BCUT2D eigenvalue weighted by atomic mass is 9.86. The van der Waals surface area contributed by atoms with E-state index >= 15 is 0 Å². The van der Waals surface area contributed by atoms with Crippen molar-refractivity contribution in [2.75, 3.05) is 11.7 Å². The Morgan fingerprint density at radius 3 is 2.03 bits per heavy atom. The van der Waals surface area contributed by atoms with E-state index in [2.05, 4.69) is 0 Å². The average Bonchev–Trinajstić information content (AvgIpc) is 3.44. The van der Waals surface area contributed by atoms with Crippen LogP contribution in [-0.4, -0.2) is 35.5 Å². The van der Waals surface area contributed by atoms with Gasteiger partial charge in [0.2, 0.25) is 6.79 Å². The van der Waals surface area contributed by atoms with Gasteiger partial charge in [-0.1, -0.05) is 58.5 Å². The maximum atomic E-state index is 14.5. The molecule has 2 atom stereocenters. The van der Waals surface area contributed by atoms with E-state index in [1.165, 1.54) is 17.0 Å². The molecule has 0 aliphatic carbocycles. The van der Waals surface area contributed by atoms with Crippen molar-refractivity contribution in [3.8, 4) is 11.5 Å². The molecule has 0 radical (unpaired) electrons. The van der Waals surface area contributed by atoms with E-state index in [1.807, 2.05) is 0 Å². The Labute approximate surface area is 229 Å². The molecule has 0 spiro atoms. The summed E-state index contributed by atoms with van der Waals surface area (Å²) in [6.07, 6.45) is 0. The molecule has 3 heterocycles. The van der Waals surface area contributed by atoms with Gasteiger partial charge < -0.3 is 14.4 Å². The molecule has 3 amide bonds. The van der Waals surface area contributed by atoms with Gasteiger partial charge in [0, 0.05) is 5.69 Å². The van der Waals surface area contributed by atoms with E-state index in [0.717, 1.165) is 4.90 Å². The molecule has 1 fully saturated rings. The van der Waals surface area contributed by atoms with E-state index in [1.54, 1.807) is 31.2 Å². The molecule has 1 saturated heterocycles. The molecule has 0 aromatic heterocycles. The number of rotatable bonds is 3. The number of amides is 3. The average molecular weight is 582 g/mol. The van der Waals surface area contributed by atoms with Gasteiger partial charge in [0.25, 0.3) is 17.7 Å². The number of hydrogen-bond acceptors (Lipinski definition) is 5. The van der Waals surface area contributed by atoms with Crippen molar-refractivity contribution in [1.82, 2.24) is 4.90 Å². The van der Waals surface area contributed by atoms with Crippen molar-refractivity contribution in [3.63, 3.8) is 0 Å². The highest BCUT2D eigenvalue weighted by molar-refractivity contribution is 6.55. The van der Waals surface area contributed by atoms with Crippen LogP contribution in [0.5, 0.6) is 11.5 Å². The lowest BCUT2D eigenvalue weighted by molar-refractivity contribution is -0.130. The minimum absolute atomic E-state index is 0.0234. The van der Waals surface area contributed by atoms with Crippen molar-refractivity contribution in [2.24, 2.45) is 0 Å². The van der Waals surface area contributed by atoms with Gasteiger partial charge >= 0.3 is 0 Å². The summed E-state index contributed by atoms with van der Waals surface area (Å²) < 4.78 is 25.3. The molecule has 3 aromatic rings. The summed E-state index contributed by atoms with van der Waals surface area (Å²) in [5, 5.41) is -0.843. The molecule has 12 heteroatoms. The van der Waals surface area contributed by atoms with Crippen molar-refractivity contribution < 1.29 is 28.2 Å². The number of aryl methyl sites for hydroxylation is 1. The number of β-lactam (4-membered cyclic amide) rings is 1. The SMILES string of the molecule is Cc1ccc(N2C(=O)[C@@H](N3C(=O)c4c(Cl)c(Cl)c(Cl)c(Cl)c4C3=O)[C@H]2c2ccc3c(c2)OCO3)cc1F. The minimum atomic E-state index is -1.29. The summed E-state index contributed by atoms with van der Waals surface area (Å²) in [4.78, 5) is 42.7. The molecular weight excluding hydrogens is 569 g/mol. The van der Waals surface area contributed by atoms with Crippen LogP contribution in [0.2, 0.25) is 20.1 Å². The number of nitrogens with zero attached hydrogens (tertiary/aromatic N) is 2. The Bertz CT molecular complexity index is 1530. The van der Waals surface area contributed by atoms with Crippen molar-refractivity contribution >= 4 is 69.8 Å². The fraction of sp³-hybridized carbons (Fsp3) is 0.160. The minimum Gasteiger partial charge on any atom is -0.454 e. The highest BCUT2D eigenvalue weighted by Crippen LogP contribution is 2.50. The van der Waals surface area contributed by atoms with Gasteiger partial charge in [0.05, 0.1) is 37.3 Å². The summed E-state index contributed by atoms with van der Waals surface area (Å²) in [5.41, 5.74) is 0.711. The maximum absolute atomic E-state index is 14.5. The first-order valence-electron chi connectivity index (χ1n) is 10.8. The van der Waals surface area contributed by atoms with Crippen LogP contribution in [0.15, 0.2) is 36.4 Å². The molecule has 6 rings (SSSR count). The van der Waals surface area contributed by atoms with Crippen LogP contribution < -0.4 is 14.4 Å². The predicted octanol–water partition coefficient (Wildman–Crippen LogP) is 6.23. The third-order valence-corrected chi connectivity index (χ3v) is 8.45. The second-order valence-electron chi connectivity index (χ2n) is 8.63. The Hall–Kier alpha value is -3.04. The van der Waals surface area contributed by atoms with Gasteiger partial charge in [-0.3, -0.25) is 19.3 Å². The molecule has 7 nitrogen and oxygen atoms in total. The number of hydrogen-bond donors (Lipinski definition) is 0. The van der Waals surface area contributed by atoms with E-state index in [-0.39, 0.29) is 43.7 Å². The Kier molecular flexibility index (Phi) is 5.58. The summed E-state index contributed by atoms with van der Waals surface area (Å²) in [7, 11) is 0. The number of imide groups is 1.